The van der Waals surface area contributed by atoms with E-state index in [2.05, 4.69) is 10.3 Å². The van der Waals surface area contributed by atoms with Crippen LogP contribution in [0.4, 0.5) is 5.69 Å². The zero-order valence-electron chi connectivity index (χ0n) is 12.6. The average Bonchev–Trinajstić information content (AvgIpc) is 2.54. The first-order valence-corrected chi connectivity index (χ1v) is 7.05. The molecule has 0 saturated carbocycles. The Balaban J connectivity index is 2.26. The number of methoxy groups -OCH3 is 2. The number of aromatic nitrogens is 1. The Labute approximate surface area is 134 Å². The van der Waals surface area contributed by atoms with Gasteiger partial charge in [-0.3, -0.25) is 0 Å². The van der Waals surface area contributed by atoms with Gasteiger partial charge in [0.2, 0.25) is 0 Å². The van der Waals surface area contributed by atoms with E-state index in [0.717, 1.165) is 17.0 Å². The van der Waals surface area contributed by atoms with Crippen LogP contribution < -0.4 is 10.1 Å². The number of benzene rings is 1. The summed E-state index contributed by atoms with van der Waals surface area (Å²) in [6.07, 6.45) is 0. The van der Waals surface area contributed by atoms with Crippen molar-refractivity contribution in [2.45, 2.75) is 13.5 Å². The summed E-state index contributed by atoms with van der Waals surface area (Å²) in [6, 6.07) is 9.38. The van der Waals surface area contributed by atoms with E-state index < -0.39 is 5.97 Å². The number of hydrogen-bond donors (Lipinski definition) is 1. The zero-order chi connectivity index (χ0) is 16.1. The summed E-state index contributed by atoms with van der Waals surface area (Å²) in [7, 11) is 2.94. The molecular weight excluding hydrogens is 304 g/mol. The third-order valence-corrected chi connectivity index (χ3v) is 3.48. The fourth-order valence-corrected chi connectivity index (χ4v) is 2.29. The molecule has 2 aromatic rings. The number of hydrogen-bond acceptors (Lipinski definition) is 5. The maximum Gasteiger partial charge on any atom is 0.357 e. The highest BCUT2D eigenvalue weighted by Gasteiger charge is 2.16. The van der Waals surface area contributed by atoms with Crippen LogP contribution in [0.3, 0.4) is 0 Å². The second-order valence-electron chi connectivity index (χ2n) is 4.62. The fraction of sp³-hybridized carbons (Fsp3) is 0.250. The molecule has 0 aliphatic carbocycles. The number of para-hydroxylation sites is 1. The Morgan fingerprint density at radius 2 is 2.05 bits per heavy atom. The van der Waals surface area contributed by atoms with Gasteiger partial charge in [-0.25, -0.2) is 9.78 Å². The number of ether oxygens (including phenoxy) is 2. The lowest BCUT2D eigenvalue weighted by Gasteiger charge is -2.14. The molecule has 0 aliphatic rings. The summed E-state index contributed by atoms with van der Waals surface area (Å²) >= 11 is 5.98. The Bertz CT molecular complexity index is 689. The summed E-state index contributed by atoms with van der Waals surface area (Å²) in [6.45, 7) is 2.33. The van der Waals surface area contributed by atoms with E-state index in [4.69, 9.17) is 21.1 Å². The molecule has 0 amide bonds. The first kappa shape index (κ1) is 16.1. The van der Waals surface area contributed by atoms with Gasteiger partial charge in [-0.05, 0) is 19.1 Å². The first-order chi connectivity index (χ1) is 10.6. The van der Waals surface area contributed by atoms with Crippen molar-refractivity contribution >= 4 is 23.3 Å². The molecular formula is C16H17ClN2O3. The number of nitrogens with one attached hydrogen (secondary N) is 1. The van der Waals surface area contributed by atoms with E-state index in [1.807, 2.05) is 24.3 Å². The number of halogens is 1. The summed E-state index contributed by atoms with van der Waals surface area (Å²) < 4.78 is 10.0. The van der Waals surface area contributed by atoms with Gasteiger partial charge >= 0.3 is 5.97 Å². The number of anilines is 1. The molecule has 116 valence electrons. The molecule has 1 aromatic carbocycles. The average molecular weight is 321 g/mol. The molecule has 0 aliphatic heterocycles. The van der Waals surface area contributed by atoms with Gasteiger partial charge in [0.15, 0.2) is 5.69 Å². The van der Waals surface area contributed by atoms with E-state index in [-0.39, 0.29) is 10.8 Å². The van der Waals surface area contributed by atoms with Gasteiger partial charge in [-0.1, -0.05) is 29.8 Å². The van der Waals surface area contributed by atoms with Crippen LogP contribution in [0.2, 0.25) is 5.15 Å². The van der Waals surface area contributed by atoms with Gasteiger partial charge in [-0.15, -0.1) is 0 Å². The molecule has 1 heterocycles. The van der Waals surface area contributed by atoms with Gasteiger partial charge in [0.05, 0.1) is 14.2 Å². The van der Waals surface area contributed by atoms with Crippen molar-refractivity contribution in [2.24, 2.45) is 0 Å². The smallest absolute Gasteiger partial charge is 0.357 e. The highest BCUT2D eigenvalue weighted by atomic mass is 35.5. The van der Waals surface area contributed by atoms with Crippen LogP contribution in [0.5, 0.6) is 5.75 Å². The molecule has 0 bridgehead atoms. The molecule has 0 spiro atoms. The first-order valence-electron chi connectivity index (χ1n) is 6.68. The molecule has 1 N–H and O–H groups in total. The largest absolute Gasteiger partial charge is 0.496 e. The van der Waals surface area contributed by atoms with Gasteiger partial charge < -0.3 is 14.8 Å². The van der Waals surface area contributed by atoms with E-state index in [1.54, 1.807) is 20.1 Å². The van der Waals surface area contributed by atoms with E-state index >= 15 is 0 Å². The van der Waals surface area contributed by atoms with Crippen LogP contribution in [-0.4, -0.2) is 25.2 Å². The molecule has 1 aromatic heterocycles. The summed E-state index contributed by atoms with van der Waals surface area (Å²) in [4.78, 5) is 15.7. The molecule has 0 saturated heterocycles. The van der Waals surface area contributed by atoms with E-state index in [0.29, 0.717) is 12.1 Å². The molecule has 0 unspecified atom stereocenters. The topological polar surface area (TPSA) is 60.5 Å². The third-order valence-electron chi connectivity index (χ3n) is 3.28. The Hall–Kier alpha value is -2.27. The standard InChI is InChI=1S/C16H17ClN2O3/c1-10-12(8-14(17)19-15(10)16(20)22-3)18-9-11-6-4-5-7-13(11)21-2/h4-8H,9H2,1-3H3,(H,18,19). The van der Waals surface area contributed by atoms with Gasteiger partial charge in [0, 0.05) is 23.4 Å². The zero-order valence-corrected chi connectivity index (χ0v) is 13.4. The minimum absolute atomic E-state index is 0.206. The molecule has 0 fully saturated rings. The van der Waals surface area contributed by atoms with Gasteiger partial charge in [0.1, 0.15) is 10.9 Å². The van der Waals surface area contributed by atoms with Crippen LogP contribution in [0.1, 0.15) is 21.6 Å². The lowest BCUT2D eigenvalue weighted by atomic mass is 10.1. The maximum atomic E-state index is 11.7. The summed E-state index contributed by atoms with van der Waals surface area (Å²) in [5, 5.41) is 3.48. The number of esters is 1. The molecule has 0 radical (unpaired) electrons. The molecule has 0 atom stereocenters. The van der Waals surface area contributed by atoms with Crippen molar-refractivity contribution in [3.63, 3.8) is 0 Å². The maximum absolute atomic E-state index is 11.7. The molecule has 5 nitrogen and oxygen atoms in total. The summed E-state index contributed by atoms with van der Waals surface area (Å²) in [5.74, 6) is 0.279. The lowest BCUT2D eigenvalue weighted by Crippen LogP contribution is -2.10. The van der Waals surface area contributed by atoms with Crippen LogP contribution in [0.15, 0.2) is 30.3 Å². The minimum atomic E-state index is -0.514. The number of nitrogens with zero attached hydrogens (tertiary/aromatic N) is 1. The van der Waals surface area contributed by atoms with Gasteiger partial charge in [-0.2, -0.15) is 0 Å². The lowest BCUT2D eigenvalue weighted by molar-refractivity contribution is 0.0593. The van der Waals surface area contributed by atoms with Crippen molar-refractivity contribution in [1.29, 1.82) is 0 Å². The number of carbonyl (C=O) groups excluding carboxylic acids is 1. The molecule has 6 heteroatoms. The number of rotatable bonds is 5. The van der Waals surface area contributed by atoms with Crippen molar-refractivity contribution < 1.29 is 14.3 Å². The SMILES string of the molecule is COC(=O)c1nc(Cl)cc(NCc2ccccc2OC)c1C. The van der Waals surface area contributed by atoms with Crippen molar-refractivity contribution in [3.8, 4) is 5.75 Å². The second kappa shape index (κ2) is 7.13. The Kier molecular flexibility index (Phi) is 5.22. The molecule has 22 heavy (non-hydrogen) atoms. The number of pyridine rings is 1. The monoisotopic (exact) mass is 320 g/mol. The van der Waals surface area contributed by atoms with E-state index in [9.17, 15) is 4.79 Å². The van der Waals surface area contributed by atoms with Gasteiger partial charge in [0.25, 0.3) is 0 Å². The Morgan fingerprint density at radius 3 is 2.73 bits per heavy atom. The third kappa shape index (κ3) is 3.49. The normalized spacial score (nSPS) is 10.2. The van der Waals surface area contributed by atoms with Crippen LogP contribution in [-0.2, 0) is 11.3 Å². The quantitative estimate of drug-likeness (QED) is 0.675. The fourth-order valence-electron chi connectivity index (χ4n) is 2.10. The molecule has 2 rings (SSSR count). The van der Waals surface area contributed by atoms with Crippen molar-refractivity contribution in [2.75, 3.05) is 19.5 Å². The Morgan fingerprint density at radius 1 is 1.32 bits per heavy atom. The number of carbonyl (C=O) groups is 1. The van der Waals surface area contributed by atoms with Crippen LogP contribution in [0.25, 0.3) is 0 Å². The predicted molar refractivity (Wildman–Crippen MR) is 85.6 cm³/mol. The van der Waals surface area contributed by atoms with E-state index in [1.165, 1.54) is 7.11 Å². The van der Waals surface area contributed by atoms with Crippen LogP contribution >= 0.6 is 11.6 Å². The van der Waals surface area contributed by atoms with Crippen LogP contribution in [0, 0.1) is 6.92 Å². The summed E-state index contributed by atoms with van der Waals surface area (Å²) in [5.41, 5.74) is 2.62. The predicted octanol–water partition coefficient (Wildman–Crippen LogP) is 3.45. The highest BCUT2D eigenvalue weighted by Crippen LogP contribution is 2.24. The minimum Gasteiger partial charge on any atom is -0.496 e. The second-order valence-corrected chi connectivity index (χ2v) is 5.01. The van der Waals surface area contributed by atoms with Crippen molar-refractivity contribution in [1.82, 2.24) is 4.98 Å². The highest BCUT2D eigenvalue weighted by molar-refractivity contribution is 6.29. The van der Waals surface area contributed by atoms with Crippen molar-refractivity contribution in [3.05, 3.63) is 52.3 Å².